The number of aliphatic hydroxyl groups excluding tert-OH is 1. The Bertz CT molecular complexity index is 1130. The second kappa shape index (κ2) is 7.85. The Morgan fingerprint density at radius 2 is 2.07 bits per heavy atom. The SMILES string of the molecule is OCCn1ccc2ccc(CN3CC[C@@H](Nc4cccc5cnccc45)C3)cc21. The van der Waals surface area contributed by atoms with Crippen molar-refractivity contribution in [3.05, 3.63) is 72.7 Å². The summed E-state index contributed by atoms with van der Waals surface area (Å²) in [5.74, 6) is 0. The summed E-state index contributed by atoms with van der Waals surface area (Å²) in [6, 6.07) is 17.7. The number of pyridine rings is 1. The average molecular weight is 386 g/mol. The molecular weight excluding hydrogens is 360 g/mol. The van der Waals surface area contributed by atoms with Gasteiger partial charge in [-0.2, -0.15) is 0 Å². The molecule has 2 aromatic carbocycles. The van der Waals surface area contributed by atoms with Crippen LogP contribution >= 0.6 is 0 Å². The third kappa shape index (κ3) is 3.71. The number of nitrogens with zero attached hydrogens (tertiary/aromatic N) is 3. The van der Waals surface area contributed by atoms with Crippen LogP contribution in [0.2, 0.25) is 0 Å². The molecule has 5 rings (SSSR count). The summed E-state index contributed by atoms with van der Waals surface area (Å²) in [6.07, 6.45) is 6.98. The van der Waals surface area contributed by atoms with Gasteiger partial charge in [0, 0.05) is 72.8 Å². The molecule has 0 aliphatic carbocycles. The van der Waals surface area contributed by atoms with Crippen molar-refractivity contribution >= 4 is 27.4 Å². The predicted octanol–water partition coefficient (Wildman–Crippen LogP) is 3.87. The van der Waals surface area contributed by atoms with E-state index >= 15 is 0 Å². The standard InChI is InChI=1S/C24H26N4O/c29-13-12-28-11-7-19-5-4-18(14-24(19)28)16-27-10-8-21(17-27)26-23-3-1-2-20-15-25-9-6-22(20)23/h1-7,9,11,14-15,21,26,29H,8,10,12-13,16-17H2/t21-/m1/s1. The number of aromatic nitrogens is 2. The van der Waals surface area contributed by atoms with E-state index in [1.54, 1.807) is 0 Å². The molecule has 4 aromatic rings. The second-order valence-electron chi connectivity index (χ2n) is 7.89. The van der Waals surface area contributed by atoms with E-state index in [0.717, 1.165) is 26.1 Å². The summed E-state index contributed by atoms with van der Waals surface area (Å²) in [7, 11) is 0. The predicted molar refractivity (Wildman–Crippen MR) is 118 cm³/mol. The molecule has 0 unspecified atom stereocenters. The first-order valence-electron chi connectivity index (χ1n) is 10.3. The first-order valence-corrected chi connectivity index (χ1v) is 10.3. The van der Waals surface area contributed by atoms with Crippen LogP contribution in [0.3, 0.4) is 0 Å². The van der Waals surface area contributed by atoms with Crippen molar-refractivity contribution in [2.24, 2.45) is 0 Å². The monoisotopic (exact) mass is 386 g/mol. The minimum absolute atomic E-state index is 0.164. The molecule has 5 nitrogen and oxygen atoms in total. The molecule has 1 saturated heterocycles. The molecule has 29 heavy (non-hydrogen) atoms. The lowest BCUT2D eigenvalue weighted by Gasteiger charge is -2.18. The zero-order valence-electron chi connectivity index (χ0n) is 16.5. The molecule has 0 radical (unpaired) electrons. The van der Waals surface area contributed by atoms with Crippen molar-refractivity contribution in [1.29, 1.82) is 0 Å². The summed E-state index contributed by atoms with van der Waals surface area (Å²) >= 11 is 0. The molecule has 1 atom stereocenters. The molecule has 0 saturated carbocycles. The Hall–Kier alpha value is -2.89. The molecule has 1 aliphatic heterocycles. The van der Waals surface area contributed by atoms with Crippen LogP contribution in [0.15, 0.2) is 67.1 Å². The van der Waals surface area contributed by atoms with E-state index in [2.05, 4.69) is 74.5 Å². The highest BCUT2D eigenvalue weighted by Crippen LogP contribution is 2.26. The number of hydrogen-bond donors (Lipinski definition) is 2. The fraction of sp³-hybridized carbons (Fsp3) is 0.292. The number of rotatable bonds is 6. The van der Waals surface area contributed by atoms with E-state index in [-0.39, 0.29) is 6.61 Å². The number of anilines is 1. The van der Waals surface area contributed by atoms with Gasteiger partial charge in [0.25, 0.3) is 0 Å². The lowest BCUT2D eigenvalue weighted by Crippen LogP contribution is -2.26. The highest BCUT2D eigenvalue weighted by Gasteiger charge is 2.23. The minimum Gasteiger partial charge on any atom is -0.395 e. The first-order chi connectivity index (χ1) is 14.3. The number of nitrogens with one attached hydrogen (secondary N) is 1. The zero-order valence-corrected chi connectivity index (χ0v) is 16.5. The third-order valence-corrected chi connectivity index (χ3v) is 5.90. The smallest absolute Gasteiger partial charge is 0.0610 e. The van der Waals surface area contributed by atoms with Crippen LogP contribution in [0.5, 0.6) is 0 Å². The Morgan fingerprint density at radius 3 is 3.00 bits per heavy atom. The maximum absolute atomic E-state index is 9.27. The van der Waals surface area contributed by atoms with Crippen LogP contribution in [-0.4, -0.2) is 45.3 Å². The number of fused-ring (bicyclic) bond motifs is 2. The fourth-order valence-corrected chi connectivity index (χ4v) is 4.45. The van der Waals surface area contributed by atoms with Gasteiger partial charge in [-0.3, -0.25) is 9.88 Å². The van der Waals surface area contributed by atoms with Gasteiger partial charge in [-0.1, -0.05) is 24.3 Å². The van der Waals surface area contributed by atoms with Crippen LogP contribution in [0.1, 0.15) is 12.0 Å². The lowest BCUT2D eigenvalue weighted by atomic mass is 10.1. The van der Waals surface area contributed by atoms with Crippen molar-refractivity contribution in [1.82, 2.24) is 14.5 Å². The minimum atomic E-state index is 0.164. The van der Waals surface area contributed by atoms with Crippen LogP contribution in [-0.2, 0) is 13.1 Å². The average Bonchev–Trinajstić information content (AvgIpc) is 3.35. The molecule has 1 fully saturated rings. The van der Waals surface area contributed by atoms with Crippen LogP contribution < -0.4 is 5.32 Å². The van der Waals surface area contributed by atoms with Crippen molar-refractivity contribution in [3.63, 3.8) is 0 Å². The Kier molecular flexibility index (Phi) is 4.92. The summed E-state index contributed by atoms with van der Waals surface area (Å²) in [5, 5.41) is 16.7. The molecule has 5 heteroatoms. The molecular formula is C24H26N4O. The number of likely N-dealkylation sites (tertiary alicyclic amines) is 1. The molecule has 0 spiro atoms. The lowest BCUT2D eigenvalue weighted by molar-refractivity contribution is 0.278. The molecule has 2 N–H and O–H groups in total. The maximum Gasteiger partial charge on any atom is 0.0610 e. The van der Waals surface area contributed by atoms with E-state index in [1.165, 1.54) is 32.9 Å². The molecule has 2 aromatic heterocycles. The van der Waals surface area contributed by atoms with Gasteiger partial charge in [-0.05, 0) is 41.6 Å². The first kappa shape index (κ1) is 18.2. The number of aliphatic hydroxyl groups is 1. The molecule has 0 amide bonds. The second-order valence-corrected chi connectivity index (χ2v) is 7.89. The number of hydrogen-bond acceptors (Lipinski definition) is 4. The maximum atomic E-state index is 9.27. The van der Waals surface area contributed by atoms with E-state index in [0.29, 0.717) is 12.6 Å². The molecule has 1 aliphatic rings. The van der Waals surface area contributed by atoms with Gasteiger partial charge >= 0.3 is 0 Å². The van der Waals surface area contributed by atoms with Crippen molar-refractivity contribution in [2.45, 2.75) is 25.6 Å². The van der Waals surface area contributed by atoms with Crippen molar-refractivity contribution < 1.29 is 5.11 Å². The van der Waals surface area contributed by atoms with Crippen LogP contribution in [0, 0.1) is 0 Å². The fourth-order valence-electron chi connectivity index (χ4n) is 4.45. The van der Waals surface area contributed by atoms with Gasteiger partial charge in [0.05, 0.1) is 6.61 Å². The van der Waals surface area contributed by atoms with Gasteiger partial charge in [0.1, 0.15) is 0 Å². The van der Waals surface area contributed by atoms with E-state index in [9.17, 15) is 5.11 Å². The van der Waals surface area contributed by atoms with Crippen molar-refractivity contribution in [2.75, 3.05) is 25.0 Å². The van der Waals surface area contributed by atoms with E-state index in [1.807, 2.05) is 12.4 Å². The van der Waals surface area contributed by atoms with Gasteiger partial charge < -0.3 is 15.0 Å². The largest absolute Gasteiger partial charge is 0.395 e. The van der Waals surface area contributed by atoms with Gasteiger partial charge in [0.2, 0.25) is 0 Å². The summed E-state index contributed by atoms with van der Waals surface area (Å²) in [5.41, 5.74) is 3.72. The normalized spacial score (nSPS) is 17.3. The van der Waals surface area contributed by atoms with Gasteiger partial charge in [-0.25, -0.2) is 0 Å². The third-order valence-electron chi connectivity index (χ3n) is 5.90. The van der Waals surface area contributed by atoms with Crippen LogP contribution in [0.4, 0.5) is 5.69 Å². The highest BCUT2D eigenvalue weighted by atomic mass is 16.3. The van der Waals surface area contributed by atoms with E-state index in [4.69, 9.17) is 0 Å². The summed E-state index contributed by atoms with van der Waals surface area (Å²) in [4.78, 5) is 6.75. The quantitative estimate of drug-likeness (QED) is 0.528. The molecule has 3 heterocycles. The van der Waals surface area contributed by atoms with Crippen LogP contribution in [0.25, 0.3) is 21.7 Å². The topological polar surface area (TPSA) is 53.3 Å². The number of benzene rings is 2. The van der Waals surface area contributed by atoms with Gasteiger partial charge in [-0.15, -0.1) is 0 Å². The van der Waals surface area contributed by atoms with Gasteiger partial charge in [0.15, 0.2) is 0 Å². The molecule has 148 valence electrons. The van der Waals surface area contributed by atoms with E-state index < -0.39 is 0 Å². The summed E-state index contributed by atoms with van der Waals surface area (Å²) in [6.45, 7) is 3.90. The Balaban J connectivity index is 1.27. The summed E-state index contributed by atoms with van der Waals surface area (Å²) < 4.78 is 2.13. The highest BCUT2D eigenvalue weighted by molar-refractivity contribution is 5.93. The Morgan fingerprint density at radius 1 is 1.10 bits per heavy atom. The van der Waals surface area contributed by atoms with Crippen molar-refractivity contribution in [3.8, 4) is 0 Å². The Labute approximate surface area is 170 Å². The molecule has 0 bridgehead atoms. The zero-order chi connectivity index (χ0) is 19.6.